The van der Waals surface area contributed by atoms with E-state index in [4.69, 9.17) is 4.74 Å². The number of amides is 1. The molecule has 0 unspecified atom stereocenters. The first-order valence-electron chi connectivity index (χ1n) is 7.13. The Hall–Kier alpha value is -1.69. The molecule has 114 valence electrons. The summed E-state index contributed by atoms with van der Waals surface area (Å²) in [6, 6.07) is 0. The molecule has 1 aromatic heterocycles. The zero-order valence-corrected chi connectivity index (χ0v) is 13.2. The van der Waals surface area contributed by atoms with Crippen LogP contribution >= 0.6 is 11.3 Å². The number of ether oxygens (including phenoxy) is 1. The van der Waals surface area contributed by atoms with E-state index in [1.165, 1.54) is 44.6 Å². The number of aromatic nitrogens is 1. The fraction of sp³-hybridized carbons (Fsp3) is 0.533. The van der Waals surface area contributed by atoms with Crippen LogP contribution in [0.3, 0.4) is 0 Å². The minimum Gasteiger partial charge on any atom is -0.465 e. The summed E-state index contributed by atoms with van der Waals surface area (Å²) in [6.45, 7) is 1.43. The Balaban J connectivity index is 2.22. The summed E-state index contributed by atoms with van der Waals surface area (Å²) in [5.74, 6) is -0.147. The third kappa shape index (κ3) is 4.39. The highest BCUT2D eigenvalue weighted by atomic mass is 32.1. The van der Waals surface area contributed by atoms with Crippen LogP contribution in [0.15, 0.2) is 11.5 Å². The van der Waals surface area contributed by atoms with E-state index < -0.39 is 0 Å². The summed E-state index contributed by atoms with van der Waals surface area (Å²) in [4.78, 5) is 27.4. The second-order valence-electron chi connectivity index (χ2n) is 5.19. The van der Waals surface area contributed by atoms with Gasteiger partial charge in [0.2, 0.25) is 5.91 Å². The molecule has 21 heavy (non-hydrogen) atoms. The molecule has 0 aliphatic heterocycles. The average molecular weight is 308 g/mol. The van der Waals surface area contributed by atoms with Crippen molar-refractivity contribution in [1.82, 2.24) is 4.98 Å². The van der Waals surface area contributed by atoms with Crippen molar-refractivity contribution in [2.75, 3.05) is 12.4 Å². The van der Waals surface area contributed by atoms with E-state index >= 15 is 0 Å². The van der Waals surface area contributed by atoms with Crippen LogP contribution in [0.4, 0.5) is 5.13 Å². The van der Waals surface area contributed by atoms with Gasteiger partial charge in [0.05, 0.1) is 18.4 Å². The van der Waals surface area contributed by atoms with Crippen molar-refractivity contribution in [3.05, 3.63) is 17.2 Å². The normalized spacial score (nSPS) is 16.6. The van der Waals surface area contributed by atoms with Gasteiger partial charge < -0.3 is 10.1 Å². The molecule has 1 fully saturated rings. The number of nitrogens with zero attached hydrogens (tertiary/aromatic N) is 1. The van der Waals surface area contributed by atoms with Crippen molar-refractivity contribution in [2.45, 2.75) is 39.0 Å². The zero-order valence-electron chi connectivity index (χ0n) is 12.3. The number of carbonyl (C=O) groups is 2. The smallest absolute Gasteiger partial charge is 0.339 e. The minimum absolute atomic E-state index is 0.174. The molecule has 0 bridgehead atoms. The van der Waals surface area contributed by atoms with Gasteiger partial charge in [0.25, 0.3) is 0 Å². The fourth-order valence-electron chi connectivity index (χ4n) is 2.51. The molecule has 1 amide bonds. The lowest BCUT2D eigenvalue weighted by molar-refractivity contribution is -0.133. The lowest BCUT2D eigenvalue weighted by atomic mass is 9.87. The summed E-state index contributed by atoms with van der Waals surface area (Å²) in [7, 11) is 1.37. The number of allylic oxidation sites excluding steroid dienone is 1. The van der Waals surface area contributed by atoms with Gasteiger partial charge in [-0.2, -0.15) is 0 Å². The van der Waals surface area contributed by atoms with Gasteiger partial charge in [-0.15, -0.1) is 11.3 Å². The zero-order chi connectivity index (χ0) is 15.2. The van der Waals surface area contributed by atoms with Gasteiger partial charge in [0.1, 0.15) is 0 Å². The van der Waals surface area contributed by atoms with Gasteiger partial charge >= 0.3 is 5.97 Å². The number of esters is 1. The highest BCUT2D eigenvalue weighted by Gasteiger charge is 2.20. The van der Waals surface area contributed by atoms with E-state index in [-0.39, 0.29) is 11.9 Å². The SMILES string of the molecule is COC(=O)/C(=C\C1CCCCC1)c1csc(NC(C)=O)n1. The molecule has 6 heteroatoms. The van der Waals surface area contributed by atoms with Gasteiger partial charge in [-0.1, -0.05) is 25.3 Å². The molecule has 1 N–H and O–H groups in total. The summed E-state index contributed by atoms with van der Waals surface area (Å²) >= 11 is 1.30. The highest BCUT2D eigenvalue weighted by Crippen LogP contribution is 2.29. The molecule has 0 radical (unpaired) electrons. The van der Waals surface area contributed by atoms with Gasteiger partial charge in [-0.05, 0) is 18.8 Å². The van der Waals surface area contributed by atoms with Crippen molar-refractivity contribution < 1.29 is 14.3 Å². The molecule has 2 rings (SSSR count). The number of thiazole rings is 1. The number of nitrogens with one attached hydrogen (secondary N) is 1. The standard InChI is InChI=1S/C15H20N2O3S/c1-10(18)16-15-17-13(9-21-15)12(14(19)20-2)8-11-6-4-3-5-7-11/h8-9,11H,3-7H2,1-2H3,(H,16,17,18)/b12-8-. The van der Waals surface area contributed by atoms with Gasteiger partial charge in [-0.25, -0.2) is 9.78 Å². The first-order chi connectivity index (χ1) is 10.1. The maximum absolute atomic E-state index is 12.0. The van der Waals surface area contributed by atoms with Crippen LogP contribution in [0.5, 0.6) is 0 Å². The predicted molar refractivity (Wildman–Crippen MR) is 83.0 cm³/mol. The lowest BCUT2D eigenvalue weighted by Crippen LogP contribution is -2.10. The molecular formula is C15H20N2O3S. The molecule has 0 aromatic carbocycles. The molecule has 0 saturated heterocycles. The van der Waals surface area contributed by atoms with Crippen LogP contribution in [0.2, 0.25) is 0 Å². The topological polar surface area (TPSA) is 68.3 Å². The van der Waals surface area contributed by atoms with Gasteiger partial charge in [0, 0.05) is 12.3 Å². The molecule has 0 atom stereocenters. The fourth-order valence-corrected chi connectivity index (χ4v) is 3.27. The Morgan fingerprint density at radius 1 is 1.38 bits per heavy atom. The van der Waals surface area contributed by atoms with Crippen molar-refractivity contribution in [3.8, 4) is 0 Å². The van der Waals surface area contributed by atoms with Crippen molar-refractivity contribution in [2.24, 2.45) is 5.92 Å². The molecule has 5 nitrogen and oxygen atoms in total. The first-order valence-corrected chi connectivity index (χ1v) is 8.01. The van der Waals surface area contributed by atoms with E-state index in [2.05, 4.69) is 10.3 Å². The summed E-state index contributed by atoms with van der Waals surface area (Å²) in [5, 5.41) is 4.90. The quantitative estimate of drug-likeness (QED) is 0.685. The number of rotatable bonds is 4. The number of hydrogen-bond acceptors (Lipinski definition) is 5. The minimum atomic E-state index is -0.375. The average Bonchev–Trinajstić information content (AvgIpc) is 2.92. The van der Waals surface area contributed by atoms with Crippen molar-refractivity contribution in [1.29, 1.82) is 0 Å². The summed E-state index contributed by atoms with van der Waals surface area (Å²) < 4.78 is 4.87. The van der Waals surface area contributed by atoms with Crippen molar-refractivity contribution in [3.63, 3.8) is 0 Å². The molecule has 1 aliphatic rings. The Morgan fingerprint density at radius 2 is 2.10 bits per heavy atom. The second kappa shape index (κ2) is 7.36. The van der Waals surface area contributed by atoms with E-state index in [9.17, 15) is 9.59 Å². The van der Waals surface area contributed by atoms with Gasteiger partial charge in [-0.3, -0.25) is 4.79 Å². The van der Waals surface area contributed by atoms with Crippen LogP contribution in [-0.2, 0) is 14.3 Å². The third-order valence-corrected chi connectivity index (χ3v) is 4.28. The van der Waals surface area contributed by atoms with Gasteiger partial charge in [0.15, 0.2) is 5.13 Å². The van der Waals surface area contributed by atoms with E-state index in [0.29, 0.717) is 22.3 Å². The Bertz CT molecular complexity index is 545. The summed E-state index contributed by atoms with van der Waals surface area (Å²) in [6.07, 6.45) is 7.85. The number of carbonyl (C=O) groups excluding carboxylic acids is 2. The first kappa shape index (κ1) is 15.7. The lowest BCUT2D eigenvalue weighted by Gasteiger charge is -2.18. The van der Waals surface area contributed by atoms with Crippen LogP contribution < -0.4 is 5.32 Å². The number of methoxy groups -OCH3 is 1. The predicted octanol–water partition coefficient (Wildman–Crippen LogP) is 3.24. The third-order valence-electron chi connectivity index (χ3n) is 3.52. The monoisotopic (exact) mass is 308 g/mol. The van der Waals surface area contributed by atoms with E-state index in [1.807, 2.05) is 6.08 Å². The molecule has 1 heterocycles. The van der Waals surface area contributed by atoms with E-state index in [0.717, 1.165) is 12.8 Å². The molecule has 1 aliphatic carbocycles. The Labute approximate surface area is 128 Å². The maximum atomic E-state index is 12.0. The van der Waals surface area contributed by atoms with Crippen molar-refractivity contribution >= 4 is 33.9 Å². The Morgan fingerprint density at radius 3 is 2.71 bits per heavy atom. The summed E-state index contributed by atoms with van der Waals surface area (Å²) in [5.41, 5.74) is 1.07. The van der Waals surface area contributed by atoms with Crippen LogP contribution in [0.1, 0.15) is 44.7 Å². The number of anilines is 1. The second-order valence-corrected chi connectivity index (χ2v) is 6.05. The maximum Gasteiger partial charge on any atom is 0.339 e. The van der Waals surface area contributed by atoms with Crippen LogP contribution in [0.25, 0.3) is 5.57 Å². The highest BCUT2D eigenvalue weighted by molar-refractivity contribution is 7.14. The van der Waals surface area contributed by atoms with Crippen LogP contribution in [-0.4, -0.2) is 24.0 Å². The largest absolute Gasteiger partial charge is 0.465 e. The molecular weight excluding hydrogens is 288 g/mol. The molecule has 1 saturated carbocycles. The molecule has 1 aromatic rings. The van der Waals surface area contributed by atoms with E-state index in [1.54, 1.807) is 5.38 Å². The Kier molecular flexibility index (Phi) is 5.50. The molecule has 0 spiro atoms. The van der Waals surface area contributed by atoms with Crippen LogP contribution in [0, 0.1) is 5.92 Å². The number of hydrogen-bond donors (Lipinski definition) is 1.